The summed E-state index contributed by atoms with van der Waals surface area (Å²) in [5.74, 6) is -4.85. The SMILES string of the molecule is CC[C@H]1OC(=O)[C@H](C)C(=O)[C@H](C)[C@@H](O[C@@H]2O[C@H](C)C[C@H](N(C)CCc3cn(CCc4ccc([N+](=O)[O-])cc4)nn3)[C@H]2O)[C@](C)(OC)C[C@@H](C)/C(=N\OC2CCC(N(C)C)CC2)[C@H](C)[C@@H](O)[C@]1(C)O. The summed E-state index contributed by atoms with van der Waals surface area (Å²) < 4.78 is 27.1. The van der Waals surface area contributed by atoms with E-state index in [1.807, 2.05) is 38.9 Å². The molecule has 0 bridgehead atoms. The molecular formula is C49H79N7O12. The first kappa shape index (κ1) is 55.0. The lowest BCUT2D eigenvalue weighted by Crippen LogP contribution is -2.60. The van der Waals surface area contributed by atoms with Crippen molar-refractivity contribution in [3.05, 3.63) is 51.8 Å². The first-order valence-electron chi connectivity index (χ1n) is 24.4. The van der Waals surface area contributed by atoms with E-state index < -0.39 is 88.3 Å². The minimum absolute atomic E-state index is 0.0404. The Morgan fingerprint density at radius 2 is 1.66 bits per heavy atom. The van der Waals surface area contributed by atoms with Crippen LogP contribution in [0, 0.1) is 33.8 Å². The summed E-state index contributed by atoms with van der Waals surface area (Å²) in [6.07, 6.45) is 0.811. The summed E-state index contributed by atoms with van der Waals surface area (Å²) in [6.45, 7) is 14.8. The molecule has 2 aliphatic heterocycles. The average molecular weight is 958 g/mol. The summed E-state index contributed by atoms with van der Waals surface area (Å²) in [7, 11) is 7.59. The van der Waals surface area contributed by atoms with Gasteiger partial charge in [0.15, 0.2) is 12.1 Å². The molecule has 1 aliphatic carbocycles. The van der Waals surface area contributed by atoms with Crippen LogP contribution in [0.15, 0.2) is 35.6 Å². The monoisotopic (exact) mass is 958 g/mol. The van der Waals surface area contributed by atoms with Crippen molar-refractivity contribution in [2.24, 2.45) is 28.8 Å². The van der Waals surface area contributed by atoms with Gasteiger partial charge < -0.3 is 48.9 Å². The first-order chi connectivity index (χ1) is 32.0. The van der Waals surface area contributed by atoms with Crippen molar-refractivity contribution in [1.29, 1.82) is 0 Å². The van der Waals surface area contributed by atoms with Gasteiger partial charge in [0, 0.05) is 74.8 Å². The smallest absolute Gasteiger partial charge is 0.316 e. The number of esters is 1. The number of aliphatic hydroxyl groups excluding tert-OH is 2. The van der Waals surface area contributed by atoms with Crippen molar-refractivity contribution >= 4 is 23.2 Å². The van der Waals surface area contributed by atoms with Crippen LogP contribution in [0.3, 0.4) is 0 Å². The number of rotatable bonds is 15. The molecule has 68 heavy (non-hydrogen) atoms. The number of nitro groups is 1. The highest BCUT2D eigenvalue weighted by molar-refractivity contribution is 6.00. The lowest BCUT2D eigenvalue weighted by molar-refractivity contribution is -0.384. The van der Waals surface area contributed by atoms with Gasteiger partial charge in [-0.1, -0.05) is 50.2 Å². The third kappa shape index (κ3) is 13.3. The van der Waals surface area contributed by atoms with Gasteiger partial charge in [-0.3, -0.25) is 24.4 Å². The summed E-state index contributed by atoms with van der Waals surface area (Å²) in [5.41, 5.74) is -0.992. The van der Waals surface area contributed by atoms with Crippen LogP contribution >= 0.6 is 0 Å². The lowest BCUT2D eigenvalue weighted by atomic mass is 9.74. The molecule has 3 N–H and O–H groups in total. The molecule has 19 nitrogen and oxygen atoms in total. The van der Waals surface area contributed by atoms with E-state index in [0.29, 0.717) is 44.1 Å². The second kappa shape index (κ2) is 23.8. The van der Waals surface area contributed by atoms with E-state index in [-0.39, 0.29) is 30.7 Å². The van der Waals surface area contributed by atoms with Crippen molar-refractivity contribution in [2.45, 2.75) is 186 Å². The van der Waals surface area contributed by atoms with Crippen LogP contribution < -0.4 is 0 Å². The molecule has 382 valence electrons. The van der Waals surface area contributed by atoms with Crippen LogP contribution in [-0.2, 0) is 52.8 Å². The molecule has 3 heterocycles. The van der Waals surface area contributed by atoms with Gasteiger partial charge in [-0.2, -0.15) is 0 Å². The Bertz CT molecular complexity index is 1990. The average Bonchev–Trinajstić information content (AvgIpc) is 3.78. The molecule has 0 amide bonds. The van der Waals surface area contributed by atoms with Crippen LogP contribution in [0.1, 0.15) is 112 Å². The maximum absolute atomic E-state index is 14.5. The topological polar surface area (TPSA) is 234 Å². The van der Waals surface area contributed by atoms with Gasteiger partial charge in [-0.05, 0) is 106 Å². The molecule has 0 unspecified atom stereocenters. The predicted octanol–water partition coefficient (Wildman–Crippen LogP) is 4.75. The highest BCUT2D eigenvalue weighted by atomic mass is 16.7. The zero-order chi connectivity index (χ0) is 50.2. The Labute approximate surface area is 402 Å². The lowest BCUT2D eigenvalue weighted by Gasteiger charge is -2.47. The van der Waals surface area contributed by atoms with Crippen molar-refractivity contribution in [1.82, 2.24) is 24.8 Å². The number of benzene rings is 1. The van der Waals surface area contributed by atoms with Gasteiger partial charge in [0.05, 0.1) is 40.2 Å². The van der Waals surface area contributed by atoms with Crippen LogP contribution in [0.5, 0.6) is 0 Å². The highest BCUT2D eigenvalue weighted by Gasteiger charge is 2.52. The van der Waals surface area contributed by atoms with Gasteiger partial charge >= 0.3 is 5.97 Å². The summed E-state index contributed by atoms with van der Waals surface area (Å²) >= 11 is 0. The molecular weight excluding hydrogens is 879 g/mol. The van der Waals surface area contributed by atoms with Crippen molar-refractivity contribution in [3.63, 3.8) is 0 Å². The number of aliphatic hydroxyl groups is 3. The van der Waals surface area contributed by atoms with E-state index in [1.54, 1.807) is 37.6 Å². The Kier molecular flexibility index (Phi) is 19.2. The Balaban J connectivity index is 1.38. The van der Waals surface area contributed by atoms with E-state index in [4.69, 9.17) is 28.9 Å². The summed E-state index contributed by atoms with van der Waals surface area (Å²) in [6, 6.07) is 6.47. The number of likely N-dealkylation sites (N-methyl/N-ethyl adjacent to an activating group) is 1. The minimum atomic E-state index is -1.92. The number of nitro benzene ring substituents is 1. The standard InChI is InChI=1S/C49H79N7O12/c1-13-40-49(8,61)44(59)31(4)41(51-68-38-20-18-36(19-21-38)53(9)10)29(2)27-48(7,64-12)45(32(5)42(57)33(6)46(60)66-40)67-47-43(58)39(26-30(3)65-47)54(11)24-23-35-28-55(52-50-35)25-22-34-14-16-37(17-15-34)56(62)63/h14-17,28-33,36,38-40,43-45,47,58-59,61H,13,18-27H2,1-12H3/b51-41+/t29-,30-,31+,32+,33-,36?,38?,39+,40-,43-,44-,45-,47+,48-,49-/m1/s1. The van der Waals surface area contributed by atoms with E-state index in [0.717, 1.165) is 36.9 Å². The Morgan fingerprint density at radius 3 is 2.26 bits per heavy atom. The van der Waals surface area contributed by atoms with Crippen molar-refractivity contribution in [3.8, 4) is 0 Å². The number of hydrogen-bond donors (Lipinski definition) is 3. The summed E-state index contributed by atoms with van der Waals surface area (Å²) in [5, 5.41) is 60.4. The highest BCUT2D eigenvalue weighted by Crippen LogP contribution is 2.39. The van der Waals surface area contributed by atoms with Gasteiger partial charge in [-0.25, -0.2) is 0 Å². The predicted molar refractivity (Wildman–Crippen MR) is 254 cm³/mol. The van der Waals surface area contributed by atoms with Crippen molar-refractivity contribution < 1.29 is 53.6 Å². The van der Waals surface area contributed by atoms with Crippen LogP contribution in [0.25, 0.3) is 0 Å². The molecule has 0 radical (unpaired) electrons. The molecule has 1 aromatic heterocycles. The van der Waals surface area contributed by atoms with Gasteiger partial charge in [0.25, 0.3) is 5.69 Å². The molecule has 1 aromatic carbocycles. The van der Waals surface area contributed by atoms with E-state index in [1.165, 1.54) is 33.1 Å². The molecule has 13 atom stereocenters. The number of aryl methyl sites for hydroxylation is 2. The van der Waals surface area contributed by atoms with Crippen LogP contribution in [0.2, 0.25) is 0 Å². The number of nitrogens with zero attached hydrogens (tertiary/aromatic N) is 7. The number of oxime groups is 1. The molecule has 2 saturated heterocycles. The fourth-order valence-corrected chi connectivity index (χ4v) is 10.4. The quantitative estimate of drug-likeness (QED) is 0.0946. The minimum Gasteiger partial charge on any atom is -0.459 e. The largest absolute Gasteiger partial charge is 0.459 e. The number of Topliss-reactive ketones (excluding diaryl/α,β-unsaturated/α-hetero) is 1. The molecule has 19 heteroatoms. The van der Waals surface area contributed by atoms with Crippen LogP contribution in [-0.4, -0.2) is 163 Å². The molecule has 5 rings (SSSR count). The zero-order valence-corrected chi connectivity index (χ0v) is 42.3. The first-order valence-corrected chi connectivity index (χ1v) is 24.4. The van der Waals surface area contributed by atoms with Gasteiger partial charge in [-0.15, -0.1) is 5.10 Å². The number of ether oxygens (including phenoxy) is 4. The second-order valence-corrected chi connectivity index (χ2v) is 20.4. The number of hydrogen-bond acceptors (Lipinski definition) is 17. The van der Waals surface area contributed by atoms with Gasteiger partial charge in [0.1, 0.15) is 29.8 Å². The van der Waals surface area contributed by atoms with E-state index in [9.17, 15) is 35.0 Å². The normalized spacial score (nSPS) is 36.4. The van der Waals surface area contributed by atoms with Gasteiger partial charge in [0.2, 0.25) is 0 Å². The number of cyclic esters (lactones) is 1. The number of ketones is 1. The fraction of sp³-hybridized carbons (Fsp3) is 0.776. The fourth-order valence-electron chi connectivity index (χ4n) is 10.4. The number of carbonyl (C=O) groups excluding carboxylic acids is 2. The summed E-state index contributed by atoms with van der Waals surface area (Å²) in [4.78, 5) is 49.4. The number of aromatic nitrogens is 3. The zero-order valence-electron chi connectivity index (χ0n) is 42.3. The second-order valence-electron chi connectivity index (χ2n) is 20.4. The van der Waals surface area contributed by atoms with Crippen molar-refractivity contribution in [2.75, 3.05) is 34.8 Å². The Morgan fingerprint density at radius 1 is 1.00 bits per heavy atom. The maximum atomic E-state index is 14.5. The van der Waals surface area contributed by atoms with E-state index >= 15 is 0 Å². The van der Waals surface area contributed by atoms with Crippen LogP contribution in [0.4, 0.5) is 5.69 Å². The molecule has 1 saturated carbocycles. The van der Waals surface area contributed by atoms with E-state index in [2.05, 4.69) is 29.3 Å². The molecule has 2 aromatic rings. The third-order valence-corrected chi connectivity index (χ3v) is 15.0. The molecule has 3 fully saturated rings. The Hall–Kier alpha value is -3.95. The third-order valence-electron chi connectivity index (χ3n) is 15.0. The number of carbonyl (C=O) groups is 2. The number of non-ortho nitro benzene ring substituents is 1. The molecule has 3 aliphatic rings. The maximum Gasteiger partial charge on any atom is 0.316 e. The molecule has 0 spiro atoms. The number of methoxy groups -OCH3 is 1.